The van der Waals surface area contributed by atoms with E-state index in [1.54, 1.807) is 23.7 Å². The molecule has 1 amide bonds. The molecule has 8 heteroatoms. The molecule has 1 heterocycles. The number of hydrogen-bond donors (Lipinski definition) is 0. The van der Waals surface area contributed by atoms with Crippen LogP contribution in [0.3, 0.4) is 0 Å². The Balaban J connectivity index is 1.62. The van der Waals surface area contributed by atoms with Gasteiger partial charge in [-0.2, -0.15) is 4.68 Å². The summed E-state index contributed by atoms with van der Waals surface area (Å²) in [6, 6.07) is 17.3. The Bertz CT molecular complexity index is 869. The molecule has 0 saturated heterocycles. The van der Waals surface area contributed by atoms with Crippen molar-refractivity contribution in [1.82, 2.24) is 25.1 Å². The van der Waals surface area contributed by atoms with Crippen molar-refractivity contribution in [2.75, 3.05) is 19.9 Å². The fourth-order valence-electron chi connectivity index (χ4n) is 2.41. The van der Waals surface area contributed by atoms with Crippen LogP contribution in [0, 0.1) is 0 Å². The lowest BCUT2D eigenvalue weighted by atomic mass is 10.2. The lowest BCUT2D eigenvalue weighted by molar-refractivity contribution is -0.127. The molecule has 134 valence electrons. The maximum absolute atomic E-state index is 12.5. The van der Waals surface area contributed by atoms with Crippen molar-refractivity contribution >= 4 is 17.7 Å². The van der Waals surface area contributed by atoms with Crippen LogP contribution in [-0.2, 0) is 11.3 Å². The van der Waals surface area contributed by atoms with Gasteiger partial charge in [0.1, 0.15) is 5.75 Å². The third-order valence-electron chi connectivity index (χ3n) is 3.79. The van der Waals surface area contributed by atoms with Gasteiger partial charge in [-0.1, -0.05) is 48.2 Å². The van der Waals surface area contributed by atoms with Gasteiger partial charge in [0.05, 0.1) is 18.6 Å². The van der Waals surface area contributed by atoms with E-state index in [-0.39, 0.29) is 11.7 Å². The number of tetrazole rings is 1. The Morgan fingerprint density at radius 2 is 1.88 bits per heavy atom. The second-order valence-corrected chi connectivity index (χ2v) is 6.50. The smallest absolute Gasteiger partial charge is 0.233 e. The van der Waals surface area contributed by atoms with Gasteiger partial charge in [0, 0.05) is 19.2 Å². The van der Waals surface area contributed by atoms with Crippen molar-refractivity contribution in [1.29, 1.82) is 0 Å². The number of aromatic nitrogens is 4. The zero-order valence-corrected chi connectivity index (χ0v) is 15.4. The summed E-state index contributed by atoms with van der Waals surface area (Å²) in [6.45, 7) is 0.479. The predicted octanol–water partition coefficient (Wildman–Crippen LogP) is 2.42. The monoisotopic (exact) mass is 369 g/mol. The summed E-state index contributed by atoms with van der Waals surface area (Å²) in [5.74, 6) is 1.01. The van der Waals surface area contributed by atoms with E-state index in [1.165, 1.54) is 11.8 Å². The van der Waals surface area contributed by atoms with E-state index in [0.29, 0.717) is 11.7 Å². The normalized spacial score (nSPS) is 10.5. The molecule has 2 aromatic carbocycles. The van der Waals surface area contributed by atoms with Crippen molar-refractivity contribution in [2.24, 2.45) is 0 Å². The SMILES string of the molecule is COc1ccccc1CN(C)C(=O)CSc1nnnn1-c1ccccc1. The zero-order valence-electron chi connectivity index (χ0n) is 14.6. The fourth-order valence-corrected chi connectivity index (χ4v) is 3.25. The summed E-state index contributed by atoms with van der Waals surface area (Å²) in [7, 11) is 3.40. The number of hydrogen-bond acceptors (Lipinski definition) is 6. The number of nitrogens with zero attached hydrogens (tertiary/aromatic N) is 5. The Hall–Kier alpha value is -2.87. The van der Waals surface area contributed by atoms with E-state index in [9.17, 15) is 4.79 Å². The van der Waals surface area contributed by atoms with Crippen molar-refractivity contribution in [3.63, 3.8) is 0 Å². The Labute approximate surface area is 156 Å². The van der Waals surface area contributed by atoms with Gasteiger partial charge in [-0.3, -0.25) is 4.79 Å². The van der Waals surface area contributed by atoms with Gasteiger partial charge >= 0.3 is 0 Å². The van der Waals surface area contributed by atoms with Crippen LogP contribution in [0.1, 0.15) is 5.56 Å². The summed E-state index contributed by atoms with van der Waals surface area (Å²) in [5, 5.41) is 12.3. The van der Waals surface area contributed by atoms with Crippen LogP contribution >= 0.6 is 11.8 Å². The van der Waals surface area contributed by atoms with E-state index >= 15 is 0 Å². The molecular formula is C18H19N5O2S. The number of rotatable bonds is 7. The van der Waals surface area contributed by atoms with Crippen molar-refractivity contribution in [3.8, 4) is 11.4 Å². The first-order valence-corrected chi connectivity index (χ1v) is 9.00. The van der Waals surface area contributed by atoms with Gasteiger partial charge in [0.25, 0.3) is 0 Å². The number of ether oxygens (including phenoxy) is 1. The standard InChI is InChI=1S/C18H19N5O2S/c1-22(12-14-8-6-7-11-16(14)25-2)17(24)13-26-18-19-20-21-23(18)15-9-4-3-5-10-15/h3-11H,12-13H2,1-2H3. The molecule has 0 aliphatic carbocycles. The van der Waals surface area contributed by atoms with Crippen LogP contribution in [0.15, 0.2) is 59.8 Å². The van der Waals surface area contributed by atoms with Gasteiger partial charge < -0.3 is 9.64 Å². The zero-order chi connectivity index (χ0) is 18.4. The number of carbonyl (C=O) groups is 1. The molecule has 0 unspecified atom stereocenters. The minimum absolute atomic E-state index is 0.0106. The van der Waals surface area contributed by atoms with E-state index in [1.807, 2.05) is 54.6 Å². The minimum Gasteiger partial charge on any atom is -0.496 e. The fraction of sp³-hybridized carbons (Fsp3) is 0.222. The highest BCUT2D eigenvalue weighted by atomic mass is 32.2. The number of amides is 1. The number of para-hydroxylation sites is 2. The summed E-state index contributed by atoms with van der Waals surface area (Å²) >= 11 is 1.31. The average molecular weight is 369 g/mol. The molecule has 26 heavy (non-hydrogen) atoms. The summed E-state index contributed by atoms with van der Waals surface area (Å²) < 4.78 is 6.96. The van der Waals surface area contributed by atoms with Crippen LogP contribution in [0.2, 0.25) is 0 Å². The Morgan fingerprint density at radius 3 is 2.65 bits per heavy atom. The largest absolute Gasteiger partial charge is 0.496 e. The Morgan fingerprint density at radius 1 is 1.15 bits per heavy atom. The molecule has 0 saturated carbocycles. The molecule has 0 atom stereocenters. The second-order valence-electron chi connectivity index (χ2n) is 5.56. The molecule has 7 nitrogen and oxygen atoms in total. The van der Waals surface area contributed by atoms with Crippen molar-refractivity contribution in [2.45, 2.75) is 11.7 Å². The van der Waals surface area contributed by atoms with Crippen LogP contribution in [0.5, 0.6) is 5.75 Å². The number of carbonyl (C=O) groups excluding carboxylic acids is 1. The topological polar surface area (TPSA) is 73.1 Å². The number of benzene rings is 2. The maximum atomic E-state index is 12.5. The average Bonchev–Trinajstić information content (AvgIpc) is 3.15. The number of thioether (sulfide) groups is 1. The van der Waals surface area contributed by atoms with Crippen molar-refractivity contribution < 1.29 is 9.53 Å². The molecule has 3 rings (SSSR count). The van der Waals surface area contributed by atoms with E-state index in [2.05, 4.69) is 15.5 Å². The molecule has 0 fully saturated rings. The molecule has 1 aromatic heterocycles. The molecule has 0 aliphatic rings. The Kier molecular flexibility index (Phi) is 5.85. The molecule has 0 bridgehead atoms. The first kappa shape index (κ1) is 17.9. The highest BCUT2D eigenvalue weighted by Gasteiger charge is 2.15. The van der Waals surface area contributed by atoms with Gasteiger partial charge in [-0.05, 0) is 28.6 Å². The molecule has 0 aliphatic heterocycles. The van der Waals surface area contributed by atoms with E-state index in [0.717, 1.165) is 17.0 Å². The highest BCUT2D eigenvalue weighted by Crippen LogP contribution is 2.21. The van der Waals surface area contributed by atoms with Crippen LogP contribution in [0.4, 0.5) is 0 Å². The van der Waals surface area contributed by atoms with Crippen LogP contribution in [0.25, 0.3) is 5.69 Å². The summed E-state index contributed by atoms with van der Waals surface area (Å²) in [4.78, 5) is 14.1. The molecule has 0 spiro atoms. The van der Waals surface area contributed by atoms with E-state index in [4.69, 9.17) is 4.74 Å². The first-order chi connectivity index (χ1) is 12.7. The quantitative estimate of drug-likeness (QED) is 0.596. The summed E-state index contributed by atoms with van der Waals surface area (Å²) in [5.41, 5.74) is 1.82. The van der Waals surface area contributed by atoms with Crippen LogP contribution < -0.4 is 4.74 Å². The lowest BCUT2D eigenvalue weighted by Crippen LogP contribution is -2.28. The van der Waals surface area contributed by atoms with Gasteiger partial charge in [-0.15, -0.1) is 5.10 Å². The minimum atomic E-state index is -0.0106. The van der Waals surface area contributed by atoms with Gasteiger partial charge in [-0.25, -0.2) is 0 Å². The third kappa shape index (κ3) is 4.20. The second kappa shape index (κ2) is 8.48. The molecule has 3 aromatic rings. The van der Waals surface area contributed by atoms with Gasteiger partial charge in [0.15, 0.2) is 0 Å². The highest BCUT2D eigenvalue weighted by molar-refractivity contribution is 7.99. The lowest BCUT2D eigenvalue weighted by Gasteiger charge is -2.18. The predicted molar refractivity (Wildman–Crippen MR) is 99.3 cm³/mol. The molecule has 0 N–H and O–H groups in total. The third-order valence-corrected chi connectivity index (χ3v) is 4.70. The van der Waals surface area contributed by atoms with Crippen molar-refractivity contribution in [3.05, 3.63) is 60.2 Å². The van der Waals surface area contributed by atoms with E-state index < -0.39 is 0 Å². The number of methoxy groups -OCH3 is 1. The maximum Gasteiger partial charge on any atom is 0.233 e. The summed E-state index contributed by atoms with van der Waals surface area (Å²) in [6.07, 6.45) is 0. The van der Waals surface area contributed by atoms with Crippen LogP contribution in [-0.4, -0.2) is 50.9 Å². The molecular weight excluding hydrogens is 350 g/mol. The van der Waals surface area contributed by atoms with Gasteiger partial charge in [0.2, 0.25) is 11.1 Å². The molecule has 0 radical (unpaired) electrons. The first-order valence-electron chi connectivity index (χ1n) is 8.01.